The first-order chi connectivity index (χ1) is 12.5. The zero-order valence-electron chi connectivity index (χ0n) is 17.3. The van der Waals surface area contributed by atoms with E-state index in [0.717, 1.165) is 5.75 Å². The number of hydrogen-bond donors (Lipinski definition) is 0. The minimum Gasteiger partial charge on any atom is -0.492 e. The molecule has 0 radical (unpaired) electrons. The summed E-state index contributed by atoms with van der Waals surface area (Å²) in [6, 6.07) is 9.31. The molecule has 2 heterocycles. The van der Waals surface area contributed by atoms with E-state index in [1.165, 1.54) is 4.90 Å². The van der Waals surface area contributed by atoms with Crippen LogP contribution in [0.25, 0.3) is 0 Å². The molecule has 2 aliphatic rings. The molecule has 0 aliphatic carbocycles. The smallest absolute Gasteiger partial charge is 0.327 e. The number of amides is 3. The fourth-order valence-electron chi connectivity index (χ4n) is 4.85. The van der Waals surface area contributed by atoms with Crippen LogP contribution in [-0.2, 0) is 4.79 Å². The predicted molar refractivity (Wildman–Crippen MR) is 105 cm³/mol. The summed E-state index contributed by atoms with van der Waals surface area (Å²) in [6.07, 6.45) is 1.22. The molecule has 1 spiro atoms. The number of imide groups is 1. The van der Waals surface area contributed by atoms with Crippen LogP contribution < -0.4 is 4.74 Å². The van der Waals surface area contributed by atoms with E-state index >= 15 is 0 Å². The van der Waals surface area contributed by atoms with Gasteiger partial charge in [-0.1, -0.05) is 18.2 Å². The maximum absolute atomic E-state index is 13.2. The number of likely N-dealkylation sites (N-methyl/N-ethyl adjacent to an activating group) is 1. The molecule has 2 saturated heterocycles. The maximum Gasteiger partial charge on any atom is 0.327 e. The van der Waals surface area contributed by atoms with Crippen molar-refractivity contribution in [2.45, 2.75) is 57.2 Å². The van der Waals surface area contributed by atoms with Gasteiger partial charge in [-0.25, -0.2) is 4.79 Å². The first kappa shape index (κ1) is 19.7. The van der Waals surface area contributed by atoms with E-state index in [0.29, 0.717) is 26.0 Å². The van der Waals surface area contributed by atoms with E-state index in [1.54, 1.807) is 11.9 Å². The van der Waals surface area contributed by atoms with E-state index in [-0.39, 0.29) is 23.0 Å². The van der Waals surface area contributed by atoms with Crippen molar-refractivity contribution in [3.05, 3.63) is 30.3 Å². The van der Waals surface area contributed by atoms with Gasteiger partial charge in [0.25, 0.3) is 5.91 Å². The van der Waals surface area contributed by atoms with Gasteiger partial charge in [0.2, 0.25) is 0 Å². The van der Waals surface area contributed by atoms with E-state index < -0.39 is 5.54 Å². The Morgan fingerprint density at radius 3 is 2.07 bits per heavy atom. The average molecular weight is 373 g/mol. The molecule has 0 N–H and O–H groups in total. The van der Waals surface area contributed by atoms with Crippen LogP contribution >= 0.6 is 0 Å². The molecule has 0 aromatic heterocycles. The lowest BCUT2D eigenvalue weighted by atomic mass is 9.68. The lowest BCUT2D eigenvalue weighted by molar-refractivity contribution is -0.144. The molecule has 27 heavy (non-hydrogen) atoms. The number of benzene rings is 1. The number of carbonyl (C=O) groups is 2. The number of urea groups is 1. The van der Waals surface area contributed by atoms with Gasteiger partial charge >= 0.3 is 6.03 Å². The Balaban J connectivity index is 1.86. The van der Waals surface area contributed by atoms with Gasteiger partial charge in [-0.2, -0.15) is 0 Å². The third-order valence-electron chi connectivity index (χ3n) is 6.33. The number of piperidine rings is 1. The molecule has 0 saturated carbocycles. The van der Waals surface area contributed by atoms with Gasteiger partial charge in [0.05, 0.1) is 6.54 Å². The highest BCUT2D eigenvalue weighted by Gasteiger charge is 2.63. The van der Waals surface area contributed by atoms with Gasteiger partial charge in [0.1, 0.15) is 17.9 Å². The van der Waals surface area contributed by atoms with Crippen molar-refractivity contribution >= 4 is 11.9 Å². The molecular formula is C21H31N3O3. The highest BCUT2D eigenvalue weighted by molar-refractivity contribution is 6.07. The third kappa shape index (κ3) is 3.20. The molecule has 3 amide bonds. The minimum absolute atomic E-state index is 0.0959. The van der Waals surface area contributed by atoms with Gasteiger partial charge in [-0.15, -0.1) is 0 Å². The van der Waals surface area contributed by atoms with Crippen LogP contribution in [0.2, 0.25) is 0 Å². The van der Waals surface area contributed by atoms with Crippen LogP contribution in [0.4, 0.5) is 4.79 Å². The summed E-state index contributed by atoms with van der Waals surface area (Å²) < 4.78 is 5.81. The summed E-state index contributed by atoms with van der Waals surface area (Å²) in [5.74, 6) is 0.670. The topological polar surface area (TPSA) is 53.1 Å². The molecule has 2 fully saturated rings. The second-order valence-electron chi connectivity index (χ2n) is 9.03. The van der Waals surface area contributed by atoms with Crippen molar-refractivity contribution in [2.24, 2.45) is 0 Å². The number of nitrogens with zero attached hydrogens (tertiary/aromatic N) is 3. The number of carbonyl (C=O) groups excluding carboxylic acids is 2. The molecule has 0 bridgehead atoms. The van der Waals surface area contributed by atoms with Crippen LogP contribution in [0, 0.1) is 0 Å². The molecule has 1 aromatic rings. The molecule has 6 heteroatoms. The first-order valence-electron chi connectivity index (χ1n) is 9.53. The summed E-state index contributed by atoms with van der Waals surface area (Å²) >= 11 is 0. The van der Waals surface area contributed by atoms with Gasteiger partial charge in [-0.3, -0.25) is 14.6 Å². The number of ether oxygens (including phenoxy) is 1. The SMILES string of the molecule is CN1C(=O)N(CCOc2ccccc2)C2(CC(C)(C)N(C)C(C)(C)C2)C1=O. The zero-order valence-corrected chi connectivity index (χ0v) is 17.3. The van der Waals surface area contributed by atoms with E-state index in [2.05, 4.69) is 39.6 Å². The molecule has 1 aromatic carbocycles. The lowest BCUT2D eigenvalue weighted by Crippen LogP contribution is -2.69. The monoisotopic (exact) mass is 373 g/mol. The van der Waals surface area contributed by atoms with Crippen LogP contribution in [0.3, 0.4) is 0 Å². The summed E-state index contributed by atoms with van der Waals surface area (Å²) in [5.41, 5.74) is -1.23. The minimum atomic E-state index is -0.814. The maximum atomic E-state index is 13.2. The standard InChI is InChI=1S/C21H31N3O3/c1-19(2)14-21(15-20(3,4)23(19)6)17(25)22(5)18(26)24(21)12-13-27-16-10-8-7-9-11-16/h7-11H,12-15H2,1-6H3. The summed E-state index contributed by atoms with van der Waals surface area (Å²) in [6.45, 7) is 9.32. The Kier molecular flexibility index (Phi) is 4.75. The highest BCUT2D eigenvalue weighted by atomic mass is 16.5. The Bertz CT molecular complexity index is 711. The van der Waals surface area contributed by atoms with Crippen LogP contribution in [-0.4, -0.2) is 70.5 Å². The molecular weight excluding hydrogens is 342 g/mol. The highest BCUT2D eigenvalue weighted by Crippen LogP contribution is 2.48. The van der Waals surface area contributed by atoms with Gasteiger partial charge in [-0.05, 0) is 59.7 Å². The normalized spacial score (nSPS) is 23.9. The number of hydrogen-bond acceptors (Lipinski definition) is 4. The molecule has 2 aliphatic heterocycles. The predicted octanol–water partition coefficient (Wildman–Crippen LogP) is 2.98. The van der Waals surface area contributed by atoms with Crippen molar-refractivity contribution in [3.63, 3.8) is 0 Å². The van der Waals surface area contributed by atoms with Gasteiger partial charge < -0.3 is 9.64 Å². The van der Waals surface area contributed by atoms with Gasteiger partial charge in [0.15, 0.2) is 0 Å². The van der Waals surface area contributed by atoms with Gasteiger partial charge in [0, 0.05) is 18.1 Å². The second kappa shape index (κ2) is 6.51. The van der Waals surface area contributed by atoms with Crippen molar-refractivity contribution in [1.82, 2.24) is 14.7 Å². The molecule has 3 rings (SSSR count). The van der Waals surface area contributed by atoms with Crippen molar-refractivity contribution in [1.29, 1.82) is 0 Å². The molecule has 0 unspecified atom stereocenters. The zero-order chi connectivity index (χ0) is 20.0. The Morgan fingerprint density at radius 2 is 1.52 bits per heavy atom. The molecule has 148 valence electrons. The number of para-hydroxylation sites is 1. The van der Waals surface area contributed by atoms with Crippen LogP contribution in [0.15, 0.2) is 30.3 Å². The third-order valence-corrected chi connectivity index (χ3v) is 6.33. The Labute approximate surface area is 162 Å². The van der Waals surface area contributed by atoms with E-state index in [4.69, 9.17) is 4.74 Å². The summed E-state index contributed by atoms with van der Waals surface area (Å²) in [4.78, 5) is 31.5. The average Bonchev–Trinajstić information content (AvgIpc) is 2.76. The van der Waals surface area contributed by atoms with E-state index in [9.17, 15) is 9.59 Å². The van der Waals surface area contributed by atoms with E-state index in [1.807, 2.05) is 30.3 Å². The van der Waals surface area contributed by atoms with Crippen LogP contribution in [0.1, 0.15) is 40.5 Å². The fourth-order valence-corrected chi connectivity index (χ4v) is 4.85. The fraction of sp³-hybridized carbons (Fsp3) is 0.619. The van der Waals surface area contributed by atoms with Crippen LogP contribution in [0.5, 0.6) is 5.75 Å². The van der Waals surface area contributed by atoms with Crippen molar-refractivity contribution in [3.8, 4) is 5.75 Å². The largest absolute Gasteiger partial charge is 0.492 e. The number of likely N-dealkylation sites (tertiary alicyclic amines) is 1. The molecule has 0 atom stereocenters. The summed E-state index contributed by atoms with van der Waals surface area (Å²) in [5, 5.41) is 0. The molecule has 6 nitrogen and oxygen atoms in total. The Morgan fingerprint density at radius 1 is 0.963 bits per heavy atom. The first-order valence-corrected chi connectivity index (χ1v) is 9.53. The van der Waals surface area contributed by atoms with Crippen molar-refractivity contribution in [2.75, 3.05) is 27.2 Å². The Hall–Kier alpha value is -2.08. The lowest BCUT2D eigenvalue weighted by Gasteiger charge is -2.58. The van der Waals surface area contributed by atoms with Crippen molar-refractivity contribution < 1.29 is 14.3 Å². The summed E-state index contributed by atoms with van der Waals surface area (Å²) in [7, 11) is 3.68. The quantitative estimate of drug-likeness (QED) is 0.762. The number of rotatable bonds is 4. The second-order valence-corrected chi connectivity index (χ2v) is 9.03.